The van der Waals surface area contributed by atoms with E-state index in [9.17, 15) is 57.0 Å². The molecule has 0 atom stereocenters. The van der Waals surface area contributed by atoms with Crippen molar-refractivity contribution in [1.82, 2.24) is 0 Å². The van der Waals surface area contributed by atoms with Gasteiger partial charge in [0.25, 0.3) is 40.5 Å². The number of rotatable bonds is 14. The molecule has 6 N–H and O–H groups in total. The number of hydrogen-bond donors (Lipinski definition) is 6. The van der Waals surface area contributed by atoms with Crippen molar-refractivity contribution in [3.8, 4) is 11.5 Å². The maximum Gasteiger partial charge on any atom is 0.296 e. The molecule has 0 aromatic heterocycles. The summed E-state index contributed by atoms with van der Waals surface area (Å²) >= 11 is 0. The molecule has 0 aliphatic heterocycles. The highest BCUT2D eigenvalue weighted by molar-refractivity contribution is 7.86. The standard InChI is InChI=1S/C44H33N7O14S4/c1-2-65-39-24-37(48-46-35-17-18-36(32-11-7-6-10-31(32)35)47-49-38-23-29(67(56,57)58)14-19-40(38)68(59,60)61)34-22-28(66(53,54)55)13-16-33(34)42(39)50-51-43-41(69(62,63)64)21-25-20-27(12-15-30(25)44(43)52)45-26-8-4-3-5-9-26/h3-24,45,52H,2H2,1H3,(H,53,54,55)(H,56,57,58)(H,59,60,61)(H,62,63,64). The first-order valence-corrected chi connectivity index (χ1v) is 25.5. The van der Waals surface area contributed by atoms with E-state index >= 15 is 0 Å². The van der Waals surface area contributed by atoms with Crippen molar-refractivity contribution in [3.63, 3.8) is 0 Å². The molecule has 0 unspecified atom stereocenters. The van der Waals surface area contributed by atoms with Crippen molar-refractivity contribution in [2.24, 2.45) is 30.7 Å². The SMILES string of the molecule is CCOc1cc(N=Nc2ccc(N=Nc3cc(S(=O)(=O)O)ccc3S(=O)(=O)O)c3ccccc23)c2cc(S(=O)(=O)O)ccc2c1N=Nc1c(S(=O)(=O)O)cc2cc(Nc3ccccc3)ccc2c1O. The van der Waals surface area contributed by atoms with Crippen molar-refractivity contribution in [2.75, 3.05) is 11.9 Å². The predicted octanol–water partition coefficient (Wildman–Crippen LogP) is 11.2. The maximum absolute atomic E-state index is 12.8. The highest BCUT2D eigenvalue weighted by Crippen LogP contribution is 2.47. The summed E-state index contributed by atoms with van der Waals surface area (Å²) < 4.78 is 144. The molecule has 352 valence electrons. The number of fused-ring (bicyclic) bond motifs is 3. The van der Waals surface area contributed by atoms with Crippen LogP contribution < -0.4 is 10.1 Å². The molecule has 0 amide bonds. The number of nitrogens with one attached hydrogen (secondary N) is 1. The summed E-state index contributed by atoms with van der Waals surface area (Å²) in [5, 5.41) is 41.0. The highest BCUT2D eigenvalue weighted by Gasteiger charge is 2.24. The van der Waals surface area contributed by atoms with Gasteiger partial charge in [-0.25, -0.2) is 0 Å². The first kappa shape index (κ1) is 47.9. The average Bonchev–Trinajstić information content (AvgIpc) is 3.29. The van der Waals surface area contributed by atoms with E-state index in [0.29, 0.717) is 22.5 Å². The third kappa shape index (κ3) is 10.3. The molecule has 21 nitrogen and oxygen atoms in total. The quantitative estimate of drug-likeness (QED) is 0.0435. The van der Waals surface area contributed by atoms with Crippen molar-refractivity contribution in [1.29, 1.82) is 0 Å². The number of phenols is 1. The highest BCUT2D eigenvalue weighted by atomic mass is 32.2. The largest absolute Gasteiger partial charge is 0.505 e. The van der Waals surface area contributed by atoms with Crippen molar-refractivity contribution in [3.05, 3.63) is 133 Å². The molecule has 0 saturated heterocycles. The molecule has 25 heteroatoms. The van der Waals surface area contributed by atoms with E-state index in [-0.39, 0.29) is 56.7 Å². The third-order valence-electron chi connectivity index (χ3n) is 10.2. The topological polar surface area (TPSA) is 333 Å². The lowest BCUT2D eigenvalue weighted by Crippen LogP contribution is -2.02. The lowest BCUT2D eigenvalue weighted by Gasteiger charge is -2.13. The minimum absolute atomic E-state index is 0.0129. The molecule has 0 fully saturated rings. The van der Waals surface area contributed by atoms with Crippen LogP contribution in [0.15, 0.2) is 184 Å². The Morgan fingerprint density at radius 1 is 0.449 bits per heavy atom. The van der Waals surface area contributed by atoms with Crippen LogP contribution in [0.2, 0.25) is 0 Å². The summed E-state index contributed by atoms with van der Waals surface area (Å²) in [5.41, 5.74) is 0.182. The number of hydrogen-bond acceptors (Lipinski definition) is 17. The second-order valence-electron chi connectivity index (χ2n) is 14.7. The average molecular weight is 1010 g/mol. The Hall–Kier alpha value is -7.62. The van der Waals surface area contributed by atoms with Crippen LogP contribution in [0, 0.1) is 0 Å². The molecule has 8 aromatic carbocycles. The predicted molar refractivity (Wildman–Crippen MR) is 253 cm³/mol. The van der Waals surface area contributed by atoms with Crippen LogP contribution in [0.5, 0.6) is 11.5 Å². The number of nitrogens with zero attached hydrogens (tertiary/aromatic N) is 6. The first-order chi connectivity index (χ1) is 32.6. The first-order valence-electron chi connectivity index (χ1n) is 19.8. The van der Waals surface area contributed by atoms with Crippen LogP contribution in [-0.4, -0.2) is 63.6 Å². The Bertz CT molecular complexity index is 3970. The summed E-state index contributed by atoms with van der Waals surface area (Å²) in [4.78, 5) is -2.85. The van der Waals surface area contributed by atoms with Gasteiger partial charge < -0.3 is 15.2 Å². The van der Waals surface area contributed by atoms with Gasteiger partial charge in [-0.15, -0.1) is 30.7 Å². The van der Waals surface area contributed by atoms with Crippen molar-refractivity contribution in [2.45, 2.75) is 26.5 Å². The maximum atomic E-state index is 12.8. The Balaban J connectivity index is 1.23. The van der Waals surface area contributed by atoms with Gasteiger partial charge in [0.15, 0.2) is 5.75 Å². The lowest BCUT2D eigenvalue weighted by atomic mass is 10.1. The summed E-state index contributed by atoms with van der Waals surface area (Å²) in [5.74, 6) is -0.680. The zero-order valence-corrected chi connectivity index (χ0v) is 38.4. The number of ether oxygens (including phenoxy) is 1. The van der Waals surface area contributed by atoms with E-state index < -0.39 is 77.2 Å². The summed E-state index contributed by atoms with van der Waals surface area (Å²) in [7, 11) is -19.6. The lowest BCUT2D eigenvalue weighted by molar-refractivity contribution is 0.342. The molecular formula is C44H33N7O14S4. The smallest absolute Gasteiger partial charge is 0.296 e. The van der Waals surface area contributed by atoms with Gasteiger partial charge >= 0.3 is 0 Å². The molecule has 0 aliphatic carbocycles. The van der Waals surface area contributed by atoms with Gasteiger partial charge in [0, 0.05) is 44.4 Å². The number of para-hydroxylation sites is 1. The van der Waals surface area contributed by atoms with Gasteiger partial charge in [0.2, 0.25) is 0 Å². The minimum Gasteiger partial charge on any atom is -0.505 e. The van der Waals surface area contributed by atoms with Gasteiger partial charge in [-0.05, 0) is 91.2 Å². The van der Waals surface area contributed by atoms with Gasteiger partial charge in [-0.1, -0.05) is 48.5 Å². The van der Waals surface area contributed by atoms with Crippen LogP contribution in [-0.2, 0) is 40.5 Å². The van der Waals surface area contributed by atoms with E-state index in [4.69, 9.17) is 4.74 Å². The fourth-order valence-corrected chi connectivity index (χ4v) is 9.35. The zero-order chi connectivity index (χ0) is 49.5. The molecule has 69 heavy (non-hydrogen) atoms. The van der Waals surface area contributed by atoms with E-state index in [1.165, 1.54) is 30.3 Å². The Morgan fingerprint density at radius 3 is 1.61 bits per heavy atom. The molecule has 0 spiro atoms. The summed E-state index contributed by atoms with van der Waals surface area (Å²) in [6.07, 6.45) is 0. The zero-order valence-electron chi connectivity index (χ0n) is 35.1. The number of benzene rings is 8. The van der Waals surface area contributed by atoms with E-state index in [1.54, 1.807) is 43.3 Å². The fourth-order valence-electron chi connectivity index (χ4n) is 7.08. The molecule has 0 aliphatic rings. The monoisotopic (exact) mass is 1010 g/mol. The van der Waals surface area contributed by atoms with E-state index in [0.717, 1.165) is 36.0 Å². The fraction of sp³-hybridized carbons (Fsp3) is 0.0455. The van der Waals surface area contributed by atoms with E-state index in [1.807, 2.05) is 30.3 Å². The number of azo groups is 3. The Labute approximate surface area is 392 Å². The number of phenolic OH excluding ortho intramolecular Hbond substituents is 1. The number of anilines is 2. The molecule has 8 aromatic rings. The van der Waals surface area contributed by atoms with Crippen LogP contribution in [0.4, 0.5) is 45.5 Å². The van der Waals surface area contributed by atoms with Gasteiger partial charge in [0.05, 0.1) is 33.5 Å². The molecule has 0 heterocycles. The minimum atomic E-state index is -5.05. The normalized spacial score (nSPS) is 12.8. The summed E-state index contributed by atoms with van der Waals surface area (Å²) in [6.45, 7) is 1.66. The van der Waals surface area contributed by atoms with Crippen LogP contribution in [0.25, 0.3) is 32.3 Å². The number of aromatic hydroxyl groups is 1. The molecule has 0 saturated carbocycles. The van der Waals surface area contributed by atoms with Gasteiger partial charge in [-0.2, -0.15) is 33.7 Å². The Kier molecular flexibility index (Phi) is 12.8. The molecule has 0 bridgehead atoms. The molecular weight excluding hydrogens is 979 g/mol. The van der Waals surface area contributed by atoms with Gasteiger partial charge in [-0.3, -0.25) is 18.2 Å². The van der Waals surface area contributed by atoms with Gasteiger partial charge in [0.1, 0.15) is 32.6 Å². The van der Waals surface area contributed by atoms with Crippen LogP contribution in [0.1, 0.15) is 6.92 Å². The van der Waals surface area contributed by atoms with E-state index in [2.05, 4.69) is 36.0 Å². The second-order valence-corrected chi connectivity index (χ2v) is 20.3. The molecule has 0 radical (unpaired) electrons. The third-order valence-corrected chi connectivity index (χ3v) is 13.6. The van der Waals surface area contributed by atoms with Crippen LogP contribution >= 0.6 is 0 Å². The van der Waals surface area contributed by atoms with Crippen molar-refractivity contribution >= 4 is 118 Å². The molecule has 8 rings (SSSR count). The summed E-state index contributed by atoms with van der Waals surface area (Å²) in [6, 6.07) is 31.2. The van der Waals surface area contributed by atoms with Crippen LogP contribution in [0.3, 0.4) is 0 Å². The Morgan fingerprint density at radius 2 is 1.00 bits per heavy atom. The second kappa shape index (κ2) is 18.5. The van der Waals surface area contributed by atoms with Crippen molar-refractivity contribution < 1.29 is 61.7 Å².